The minimum absolute atomic E-state index is 0.0322. The van der Waals surface area contributed by atoms with Crippen molar-refractivity contribution in [1.29, 1.82) is 0 Å². The Balaban J connectivity index is 1.48. The van der Waals surface area contributed by atoms with E-state index in [1.807, 2.05) is 18.2 Å². The number of amides is 3. The Morgan fingerprint density at radius 2 is 1.31 bits per heavy atom. The molecular formula is C27H33N3O4S. The highest BCUT2D eigenvalue weighted by molar-refractivity contribution is 7.90. The molecule has 0 saturated heterocycles. The second kappa shape index (κ2) is 12.9. The first-order valence-corrected chi connectivity index (χ1v) is 13.6. The average molecular weight is 496 g/mol. The molecule has 0 atom stereocenters. The molecule has 0 radical (unpaired) electrons. The van der Waals surface area contributed by atoms with Gasteiger partial charge in [-0.3, -0.25) is 4.79 Å². The summed E-state index contributed by atoms with van der Waals surface area (Å²) in [6.07, 6.45) is 8.53. The highest BCUT2D eigenvalue weighted by Gasteiger charge is 2.20. The van der Waals surface area contributed by atoms with E-state index in [0.717, 1.165) is 24.6 Å². The number of carbonyl (C=O) groups is 2. The summed E-state index contributed by atoms with van der Waals surface area (Å²) in [6.45, 7) is 2.19. The van der Waals surface area contributed by atoms with E-state index in [1.165, 1.54) is 31.7 Å². The Bertz CT molecular complexity index is 1240. The number of unbranched alkanes of at least 4 members (excludes halogenated alkanes) is 6. The number of carbonyl (C=O) groups excluding carboxylic acids is 2. The van der Waals surface area contributed by atoms with Crippen LogP contribution in [0.4, 0.5) is 16.2 Å². The lowest BCUT2D eigenvalue weighted by Gasteiger charge is -2.11. The van der Waals surface area contributed by atoms with Crippen molar-refractivity contribution in [2.24, 2.45) is 0 Å². The maximum absolute atomic E-state index is 12.8. The molecule has 0 bridgehead atoms. The number of anilines is 2. The van der Waals surface area contributed by atoms with Crippen molar-refractivity contribution in [1.82, 2.24) is 4.72 Å². The lowest BCUT2D eigenvalue weighted by Crippen LogP contribution is -2.34. The number of nitrogens with one attached hydrogen (secondary N) is 3. The van der Waals surface area contributed by atoms with Gasteiger partial charge in [-0.2, -0.15) is 0 Å². The largest absolute Gasteiger partial charge is 0.333 e. The first-order chi connectivity index (χ1) is 16.9. The predicted octanol–water partition coefficient (Wildman–Crippen LogP) is 6.43. The number of rotatable bonds is 12. The van der Waals surface area contributed by atoms with Gasteiger partial charge in [-0.15, -0.1) is 0 Å². The Morgan fingerprint density at radius 1 is 0.714 bits per heavy atom. The molecule has 35 heavy (non-hydrogen) atoms. The molecule has 3 aromatic carbocycles. The second-order valence-corrected chi connectivity index (χ2v) is 10.2. The number of sulfonamides is 1. The van der Waals surface area contributed by atoms with Crippen LogP contribution in [0.25, 0.3) is 10.8 Å². The average Bonchev–Trinajstić information content (AvgIpc) is 2.84. The molecule has 0 aliphatic rings. The summed E-state index contributed by atoms with van der Waals surface area (Å²) < 4.78 is 27.6. The van der Waals surface area contributed by atoms with Gasteiger partial charge in [0.1, 0.15) is 0 Å². The number of benzene rings is 3. The van der Waals surface area contributed by atoms with Crippen LogP contribution in [-0.2, 0) is 14.8 Å². The van der Waals surface area contributed by atoms with Gasteiger partial charge < -0.3 is 10.6 Å². The summed E-state index contributed by atoms with van der Waals surface area (Å²) in [4.78, 5) is 24.5. The van der Waals surface area contributed by atoms with Crippen LogP contribution < -0.4 is 15.4 Å². The number of hydrogen-bond donors (Lipinski definition) is 3. The first kappa shape index (κ1) is 26.2. The minimum atomic E-state index is -4.07. The molecule has 0 unspecified atom stereocenters. The van der Waals surface area contributed by atoms with Gasteiger partial charge in [-0.25, -0.2) is 17.9 Å². The fourth-order valence-electron chi connectivity index (χ4n) is 3.87. The number of hydrogen-bond acceptors (Lipinski definition) is 4. The summed E-state index contributed by atoms with van der Waals surface area (Å²) in [5.41, 5.74) is 1.02. The van der Waals surface area contributed by atoms with Crippen molar-refractivity contribution < 1.29 is 18.0 Å². The van der Waals surface area contributed by atoms with Crippen molar-refractivity contribution in [3.8, 4) is 0 Å². The zero-order chi connectivity index (χ0) is 25.1. The van der Waals surface area contributed by atoms with Gasteiger partial charge in [0.25, 0.3) is 10.0 Å². The predicted molar refractivity (Wildman–Crippen MR) is 141 cm³/mol. The first-order valence-electron chi connectivity index (χ1n) is 12.1. The standard InChI is InChI=1S/C27H33N3O4S/c1-2-3-4-5-6-7-8-16-26(31)28-22-17-19-23(20-18-22)29-27(32)30-35(33,34)25-15-11-13-21-12-9-10-14-24(21)25/h9-15,17-20H,2-8,16H2,1H3,(H,28,31)(H2,29,30,32). The number of fused-ring (bicyclic) bond motifs is 1. The quantitative estimate of drug-likeness (QED) is 0.252. The second-order valence-electron chi connectivity index (χ2n) is 8.53. The van der Waals surface area contributed by atoms with Crippen LogP contribution in [0.1, 0.15) is 58.3 Å². The summed E-state index contributed by atoms with van der Waals surface area (Å²) in [6, 6.07) is 17.6. The molecule has 3 amide bonds. The molecule has 8 heteroatoms. The normalized spacial score (nSPS) is 11.2. The van der Waals surface area contributed by atoms with Gasteiger partial charge in [0, 0.05) is 23.2 Å². The molecule has 7 nitrogen and oxygen atoms in total. The fourth-order valence-corrected chi connectivity index (χ4v) is 5.00. The Kier molecular flexibility index (Phi) is 9.66. The van der Waals surface area contributed by atoms with E-state index in [0.29, 0.717) is 23.2 Å². The van der Waals surface area contributed by atoms with Crippen molar-refractivity contribution >= 4 is 44.1 Å². The van der Waals surface area contributed by atoms with Crippen LogP contribution in [0.5, 0.6) is 0 Å². The van der Waals surface area contributed by atoms with E-state index in [-0.39, 0.29) is 10.8 Å². The van der Waals surface area contributed by atoms with Gasteiger partial charge in [0.15, 0.2) is 0 Å². The maximum atomic E-state index is 12.8. The van der Waals surface area contributed by atoms with Crippen molar-refractivity contribution in [2.45, 2.75) is 63.2 Å². The molecule has 3 N–H and O–H groups in total. The van der Waals surface area contributed by atoms with Crippen LogP contribution in [0.15, 0.2) is 71.6 Å². The molecule has 3 rings (SSSR count). The summed E-state index contributed by atoms with van der Waals surface area (Å²) in [5, 5.41) is 6.66. The van der Waals surface area contributed by atoms with Crippen LogP contribution >= 0.6 is 0 Å². The molecule has 186 valence electrons. The Hall–Kier alpha value is -3.39. The van der Waals surface area contributed by atoms with Gasteiger partial charge >= 0.3 is 6.03 Å². The lowest BCUT2D eigenvalue weighted by atomic mass is 10.1. The van der Waals surface area contributed by atoms with Gasteiger partial charge in [-0.05, 0) is 42.1 Å². The van der Waals surface area contributed by atoms with Crippen molar-refractivity contribution in [2.75, 3.05) is 10.6 Å². The molecule has 0 heterocycles. The molecule has 0 saturated carbocycles. The van der Waals surface area contributed by atoms with Crippen LogP contribution in [-0.4, -0.2) is 20.4 Å². The molecule has 3 aromatic rings. The minimum Gasteiger partial charge on any atom is -0.326 e. The SMILES string of the molecule is CCCCCCCCCC(=O)Nc1ccc(NC(=O)NS(=O)(=O)c2cccc3ccccc23)cc1. The molecule has 0 fully saturated rings. The molecule has 0 aliphatic carbocycles. The van der Waals surface area contributed by atoms with E-state index in [9.17, 15) is 18.0 Å². The third-order valence-electron chi connectivity index (χ3n) is 5.70. The zero-order valence-electron chi connectivity index (χ0n) is 20.0. The van der Waals surface area contributed by atoms with E-state index >= 15 is 0 Å². The van der Waals surface area contributed by atoms with Crippen molar-refractivity contribution in [3.05, 3.63) is 66.7 Å². The highest BCUT2D eigenvalue weighted by atomic mass is 32.2. The third-order valence-corrected chi connectivity index (χ3v) is 7.09. The molecule has 0 aromatic heterocycles. The maximum Gasteiger partial charge on any atom is 0.333 e. The number of urea groups is 1. The summed E-state index contributed by atoms with van der Waals surface area (Å²) in [7, 11) is -4.07. The van der Waals surface area contributed by atoms with Gasteiger partial charge in [0.05, 0.1) is 4.90 Å². The van der Waals surface area contributed by atoms with Crippen LogP contribution in [0, 0.1) is 0 Å². The summed E-state index contributed by atoms with van der Waals surface area (Å²) >= 11 is 0. The lowest BCUT2D eigenvalue weighted by molar-refractivity contribution is -0.116. The van der Waals surface area contributed by atoms with Crippen LogP contribution in [0.3, 0.4) is 0 Å². The fraction of sp³-hybridized carbons (Fsp3) is 0.333. The van der Waals surface area contributed by atoms with E-state index in [1.54, 1.807) is 42.5 Å². The Labute approximate surface area is 207 Å². The van der Waals surface area contributed by atoms with E-state index < -0.39 is 16.1 Å². The zero-order valence-corrected chi connectivity index (χ0v) is 20.9. The van der Waals surface area contributed by atoms with E-state index in [2.05, 4.69) is 22.3 Å². The summed E-state index contributed by atoms with van der Waals surface area (Å²) in [5.74, 6) is -0.0433. The van der Waals surface area contributed by atoms with Gasteiger partial charge in [-0.1, -0.05) is 81.8 Å². The smallest absolute Gasteiger partial charge is 0.326 e. The van der Waals surface area contributed by atoms with Gasteiger partial charge in [0.2, 0.25) is 5.91 Å². The molecular weight excluding hydrogens is 462 g/mol. The molecule has 0 aliphatic heterocycles. The molecule has 0 spiro atoms. The van der Waals surface area contributed by atoms with E-state index in [4.69, 9.17) is 0 Å². The Morgan fingerprint density at radius 3 is 2.03 bits per heavy atom. The van der Waals surface area contributed by atoms with Crippen molar-refractivity contribution in [3.63, 3.8) is 0 Å². The monoisotopic (exact) mass is 495 g/mol. The topological polar surface area (TPSA) is 104 Å². The highest BCUT2D eigenvalue weighted by Crippen LogP contribution is 2.23. The third kappa shape index (κ3) is 8.10. The van der Waals surface area contributed by atoms with Crippen LogP contribution in [0.2, 0.25) is 0 Å².